The second kappa shape index (κ2) is 5.17. The molecule has 5 heteroatoms. The van der Waals surface area contributed by atoms with Crippen molar-refractivity contribution >= 4 is 21.7 Å². The zero-order valence-corrected chi connectivity index (χ0v) is 11.4. The van der Waals surface area contributed by atoms with Crippen LogP contribution < -0.4 is 0 Å². The largest absolute Gasteiger partial charge is 0.288 e. The summed E-state index contributed by atoms with van der Waals surface area (Å²) in [5.41, 5.74) is -0.646. The summed E-state index contributed by atoms with van der Waals surface area (Å²) in [4.78, 5) is 12.1. The second-order valence-electron chi connectivity index (χ2n) is 3.98. The Bertz CT molecular complexity index is 668. The van der Waals surface area contributed by atoms with Gasteiger partial charge in [-0.25, -0.2) is 13.2 Å². The predicted octanol–water partition coefficient (Wildman–Crippen LogP) is 4.41. The number of ketones is 1. The Morgan fingerprint density at radius 3 is 2.42 bits per heavy atom. The topological polar surface area (TPSA) is 17.1 Å². The molecule has 0 heterocycles. The van der Waals surface area contributed by atoms with Gasteiger partial charge in [0, 0.05) is 5.56 Å². The highest BCUT2D eigenvalue weighted by Crippen LogP contribution is 2.26. The van der Waals surface area contributed by atoms with Crippen LogP contribution in [0.4, 0.5) is 13.2 Å². The maximum atomic E-state index is 13.9. The van der Waals surface area contributed by atoms with Crippen LogP contribution in [0.2, 0.25) is 0 Å². The molecule has 2 rings (SSSR count). The van der Waals surface area contributed by atoms with E-state index in [2.05, 4.69) is 15.9 Å². The van der Waals surface area contributed by atoms with Crippen molar-refractivity contribution in [2.45, 2.75) is 6.92 Å². The quantitative estimate of drug-likeness (QED) is 0.746. The summed E-state index contributed by atoms with van der Waals surface area (Å²) >= 11 is 2.90. The van der Waals surface area contributed by atoms with E-state index in [1.165, 1.54) is 25.1 Å². The van der Waals surface area contributed by atoms with Crippen molar-refractivity contribution in [3.8, 4) is 0 Å². The first-order valence-electron chi connectivity index (χ1n) is 5.36. The van der Waals surface area contributed by atoms with E-state index in [4.69, 9.17) is 0 Å². The van der Waals surface area contributed by atoms with Crippen molar-refractivity contribution in [1.82, 2.24) is 0 Å². The van der Waals surface area contributed by atoms with Gasteiger partial charge < -0.3 is 0 Å². The van der Waals surface area contributed by atoms with Crippen LogP contribution >= 0.6 is 15.9 Å². The number of aryl methyl sites for hydroxylation is 1. The van der Waals surface area contributed by atoms with Gasteiger partial charge in [-0.05, 0) is 46.6 Å². The molecule has 0 fully saturated rings. The van der Waals surface area contributed by atoms with Gasteiger partial charge in [0.1, 0.15) is 17.5 Å². The third kappa shape index (κ3) is 2.42. The first-order chi connectivity index (χ1) is 8.93. The summed E-state index contributed by atoms with van der Waals surface area (Å²) in [5.74, 6) is -3.46. The maximum absolute atomic E-state index is 13.9. The van der Waals surface area contributed by atoms with Crippen LogP contribution in [0.25, 0.3) is 0 Å². The van der Waals surface area contributed by atoms with Gasteiger partial charge in [0.15, 0.2) is 5.78 Å². The van der Waals surface area contributed by atoms with Crippen molar-refractivity contribution in [2.75, 3.05) is 0 Å². The molecule has 98 valence electrons. The van der Waals surface area contributed by atoms with Gasteiger partial charge in [-0.1, -0.05) is 12.1 Å². The Morgan fingerprint density at radius 2 is 1.74 bits per heavy atom. The molecule has 0 aliphatic rings. The monoisotopic (exact) mass is 328 g/mol. The Labute approximate surface area is 116 Å². The van der Waals surface area contributed by atoms with Crippen molar-refractivity contribution < 1.29 is 18.0 Å². The van der Waals surface area contributed by atoms with Crippen LogP contribution in [-0.4, -0.2) is 5.78 Å². The van der Waals surface area contributed by atoms with Crippen LogP contribution in [0.15, 0.2) is 34.8 Å². The number of carbonyl (C=O) groups is 1. The molecule has 2 aromatic rings. The van der Waals surface area contributed by atoms with Gasteiger partial charge >= 0.3 is 0 Å². The van der Waals surface area contributed by atoms with Crippen LogP contribution in [0.1, 0.15) is 21.5 Å². The van der Waals surface area contributed by atoms with E-state index in [1.54, 1.807) is 0 Å². The first kappa shape index (κ1) is 13.8. The second-order valence-corrected chi connectivity index (χ2v) is 4.78. The number of halogens is 4. The van der Waals surface area contributed by atoms with Gasteiger partial charge in [0.25, 0.3) is 0 Å². The normalized spacial score (nSPS) is 10.6. The molecule has 0 saturated heterocycles. The summed E-state index contributed by atoms with van der Waals surface area (Å²) in [7, 11) is 0. The van der Waals surface area contributed by atoms with Gasteiger partial charge in [-0.2, -0.15) is 0 Å². The molecule has 0 aromatic heterocycles. The molecule has 1 nitrogen and oxygen atoms in total. The third-order valence-electron chi connectivity index (χ3n) is 2.71. The molecule has 19 heavy (non-hydrogen) atoms. The van der Waals surface area contributed by atoms with Crippen LogP contribution in [0, 0.1) is 24.4 Å². The summed E-state index contributed by atoms with van der Waals surface area (Å²) in [6, 6.07) is 6.00. The minimum Gasteiger partial charge on any atom is -0.288 e. The highest BCUT2D eigenvalue weighted by atomic mass is 79.9. The Hall–Kier alpha value is -1.62. The average Bonchev–Trinajstić information content (AvgIpc) is 2.37. The lowest BCUT2D eigenvalue weighted by molar-refractivity contribution is 0.102. The van der Waals surface area contributed by atoms with Crippen LogP contribution in [0.3, 0.4) is 0 Å². The number of carbonyl (C=O) groups excluding carboxylic acids is 1. The molecule has 0 aliphatic heterocycles. The number of hydrogen-bond donors (Lipinski definition) is 0. The molecule has 2 aromatic carbocycles. The predicted molar refractivity (Wildman–Crippen MR) is 68.6 cm³/mol. The van der Waals surface area contributed by atoms with Crippen molar-refractivity contribution in [3.63, 3.8) is 0 Å². The zero-order valence-electron chi connectivity index (χ0n) is 9.81. The Morgan fingerprint density at radius 1 is 1.05 bits per heavy atom. The lowest BCUT2D eigenvalue weighted by Crippen LogP contribution is -2.10. The van der Waals surface area contributed by atoms with E-state index >= 15 is 0 Å². The van der Waals surface area contributed by atoms with Crippen LogP contribution in [0.5, 0.6) is 0 Å². The third-order valence-corrected chi connectivity index (χ3v) is 3.51. The fourth-order valence-electron chi connectivity index (χ4n) is 1.68. The molecule has 0 bridgehead atoms. The first-order valence-corrected chi connectivity index (χ1v) is 6.16. The molecule has 0 amide bonds. The van der Waals surface area contributed by atoms with E-state index in [0.717, 1.165) is 12.1 Å². The summed E-state index contributed by atoms with van der Waals surface area (Å²) in [5, 5.41) is 0. The smallest absolute Gasteiger partial charge is 0.200 e. The van der Waals surface area contributed by atoms with Gasteiger partial charge in [-0.3, -0.25) is 4.79 Å². The Kier molecular flexibility index (Phi) is 3.75. The SMILES string of the molecule is Cc1ccc(F)c(C(=O)c2cccc(F)c2Br)c1F. The van der Waals surface area contributed by atoms with Crippen molar-refractivity contribution in [3.05, 3.63) is 68.9 Å². The highest BCUT2D eigenvalue weighted by molar-refractivity contribution is 9.10. The minimum atomic E-state index is -0.968. The molecule has 0 aliphatic carbocycles. The molecule has 0 radical (unpaired) electrons. The standard InChI is InChI=1S/C14H8BrF3O/c1-7-5-6-9(16)11(13(7)18)14(19)8-3-2-4-10(17)12(8)15/h2-6H,1H3. The molecule has 0 unspecified atom stereocenters. The number of benzene rings is 2. The molecule has 0 N–H and O–H groups in total. The Balaban J connectivity index is 2.63. The molecule has 0 spiro atoms. The van der Waals surface area contributed by atoms with Crippen molar-refractivity contribution in [1.29, 1.82) is 0 Å². The molecular weight excluding hydrogens is 321 g/mol. The van der Waals surface area contributed by atoms with E-state index in [0.29, 0.717) is 0 Å². The molecular formula is C14H8BrF3O. The molecule has 0 saturated carbocycles. The van der Waals surface area contributed by atoms with E-state index in [-0.39, 0.29) is 15.6 Å². The van der Waals surface area contributed by atoms with E-state index in [9.17, 15) is 18.0 Å². The summed E-state index contributed by atoms with van der Waals surface area (Å²) in [6.07, 6.45) is 0. The lowest BCUT2D eigenvalue weighted by Gasteiger charge is -2.08. The van der Waals surface area contributed by atoms with Crippen molar-refractivity contribution in [2.24, 2.45) is 0 Å². The van der Waals surface area contributed by atoms with E-state index in [1.807, 2.05) is 0 Å². The summed E-state index contributed by atoms with van der Waals surface area (Å²) < 4.78 is 40.7. The van der Waals surface area contributed by atoms with Gasteiger partial charge in [0.2, 0.25) is 0 Å². The average molecular weight is 329 g/mol. The fraction of sp³-hybridized carbons (Fsp3) is 0.0714. The summed E-state index contributed by atoms with van der Waals surface area (Å²) in [6.45, 7) is 1.42. The lowest BCUT2D eigenvalue weighted by atomic mass is 10.00. The maximum Gasteiger partial charge on any atom is 0.200 e. The zero-order chi connectivity index (χ0) is 14.2. The van der Waals surface area contributed by atoms with Gasteiger partial charge in [-0.15, -0.1) is 0 Å². The fourth-order valence-corrected chi connectivity index (χ4v) is 2.12. The highest BCUT2D eigenvalue weighted by Gasteiger charge is 2.23. The number of hydrogen-bond acceptors (Lipinski definition) is 1. The number of rotatable bonds is 2. The van der Waals surface area contributed by atoms with Gasteiger partial charge in [0.05, 0.1) is 10.0 Å². The van der Waals surface area contributed by atoms with E-state index < -0.39 is 28.8 Å². The molecule has 0 atom stereocenters. The minimum absolute atomic E-state index is 0.111. The van der Waals surface area contributed by atoms with Crippen LogP contribution in [-0.2, 0) is 0 Å².